The van der Waals surface area contributed by atoms with E-state index in [1.807, 2.05) is 0 Å². The van der Waals surface area contributed by atoms with Gasteiger partial charge in [-0.3, -0.25) is 4.72 Å². The quantitative estimate of drug-likeness (QED) is 0.821. The summed E-state index contributed by atoms with van der Waals surface area (Å²) in [6.45, 7) is 3.44. The van der Waals surface area contributed by atoms with Gasteiger partial charge in [-0.2, -0.15) is 5.26 Å². The van der Waals surface area contributed by atoms with E-state index in [-0.39, 0.29) is 5.02 Å². The lowest BCUT2D eigenvalue weighted by atomic mass is 9.83. The highest BCUT2D eigenvalue weighted by molar-refractivity contribution is 7.92. The third kappa shape index (κ3) is 3.77. The van der Waals surface area contributed by atoms with E-state index in [1.165, 1.54) is 12.1 Å². The second-order valence-corrected chi connectivity index (χ2v) is 8.84. The minimum Gasteiger partial charge on any atom is -0.482 e. The molecule has 0 saturated heterocycles. The summed E-state index contributed by atoms with van der Waals surface area (Å²) in [6.07, 6.45) is 1.05. The molecule has 8 heteroatoms. The molecule has 1 aliphatic rings. The maximum Gasteiger partial charge on any atom is 0.229 e. The normalized spacial score (nSPS) is 15.6. The van der Waals surface area contributed by atoms with Crippen LogP contribution in [-0.4, -0.2) is 20.3 Å². The molecule has 0 saturated carbocycles. The van der Waals surface area contributed by atoms with Gasteiger partial charge in [-0.05, 0) is 43.7 Å². The van der Waals surface area contributed by atoms with Crippen LogP contribution in [0.3, 0.4) is 0 Å². The van der Waals surface area contributed by atoms with Crippen LogP contribution in [0.25, 0.3) is 5.57 Å². The summed E-state index contributed by atoms with van der Waals surface area (Å²) in [5.74, 6) is -0.210. The van der Waals surface area contributed by atoms with Crippen LogP contribution in [0.2, 0.25) is 5.02 Å². The second kappa shape index (κ2) is 6.55. The van der Waals surface area contributed by atoms with E-state index in [4.69, 9.17) is 16.3 Å². The van der Waals surface area contributed by atoms with Gasteiger partial charge in [0.25, 0.3) is 0 Å². The number of sulfonamides is 1. The molecule has 0 aromatic heterocycles. The van der Waals surface area contributed by atoms with Crippen molar-refractivity contribution in [3.05, 3.63) is 63.9 Å². The van der Waals surface area contributed by atoms with Crippen molar-refractivity contribution in [3.8, 4) is 11.8 Å². The van der Waals surface area contributed by atoms with Gasteiger partial charge in [0.2, 0.25) is 10.0 Å². The molecular formula is C19H16ClFN2O3S. The Morgan fingerprint density at radius 1 is 1.22 bits per heavy atom. The first-order valence-corrected chi connectivity index (χ1v) is 10.2. The summed E-state index contributed by atoms with van der Waals surface area (Å²) < 4.78 is 45.4. The topological polar surface area (TPSA) is 79.2 Å². The molecule has 0 bridgehead atoms. The molecule has 3 rings (SSSR count). The van der Waals surface area contributed by atoms with Crippen LogP contribution in [0.1, 0.15) is 25.0 Å². The molecule has 0 spiro atoms. The van der Waals surface area contributed by atoms with Crippen LogP contribution in [0, 0.1) is 17.1 Å². The molecule has 5 nitrogen and oxygen atoms in total. The van der Waals surface area contributed by atoms with Crippen molar-refractivity contribution in [2.45, 2.75) is 19.4 Å². The first-order chi connectivity index (χ1) is 12.5. The van der Waals surface area contributed by atoms with Crippen molar-refractivity contribution < 1.29 is 17.5 Å². The van der Waals surface area contributed by atoms with E-state index < -0.39 is 21.4 Å². The first kappa shape index (κ1) is 19.2. The van der Waals surface area contributed by atoms with Gasteiger partial charge in [-0.15, -0.1) is 0 Å². The van der Waals surface area contributed by atoms with E-state index in [1.54, 1.807) is 38.1 Å². The number of benzene rings is 2. The predicted octanol–water partition coefficient (Wildman–Crippen LogP) is 4.35. The summed E-state index contributed by atoms with van der Waals surface area (Å²) in [6, 6.07) is 11.2. The summed E-state index contributed by atoms with van der Waals surface area (Å²) in [4.78, 5) is 0. The lowest BCUT2D eigenvalue weighted by molar-refractivity contribution is 0.149. The third-order valence-electron chi connectivity index (χ3n) is 4.09. The number of anilines is 1. The number of hydrogen-bond acceptors (Lipinski definition) is 4. The van der Waals surface area contributed by atoms with Crippen LogP contribution in [0.15, 0.2) is 42.0 Å². The van der Waals surface area contributed by atoms with Crippen molar-refractivity contribution in [2.75, 3.05) is 11.0 Å². The lowest BCUT2D eigenvalue weighted by Crippen LogP contribution is -2.34. The molecule has 1 heterocycles. The fourth-order valence-electron chi connectivity index (χ4n) is 2.99. The molecule has 0 fully saturated rings. The zero-order valence-corrected chi connectivity index (χ0v) is 16.4. The number of nitrogens with one attached hydrogen (secondary N) is 1. The van der Waals surface area contributed by atoms with Gasteiger partial charge in [0.15, 0.2) is 0 Å². The van der Waals surface area contributed by atoms with Gasteiger partial charge < -0.3 is 4.74 Å². The summed E-state index contributed by atoms with van der Waals surface area (Å²) in [7, 11) is -3.46. The van der Waals surface area contributed by atoms with Crippen LogP contribution in [0.5, 0.6) is 5.75 Å². The molecule has 140 valence electrons. The van der Waals surface area contributed by atoms with Gasteiger partial charge in [0.05, 0.1) is 28.6 Å². The Hall–Kier alpha value is -2.56. The van der Waals surface area contributed by atoms with Crippen LogP contribution >= 0.6 is 11.6 Å². The molecule has 0 amide bonds. The van der Waals surface area contributed by atoms with Crippen LogP contribution in [0.4, 0.5) is 10.1 Å². The highest BCUT2D eigenvalue weighted by Gasteiger charge is 2.36. The molecule has 0 radical (unpaired) electrons. The molecule has 0 aliphatic carbocycles. The third-order valence-corrected chi connectivity index (χ3v) is 5.00. The zero-order valence-electron chi connectivity index (χ0n) is 14.8. The van der Waals surface area contributed by atoms with Gasteiger partial charge >= 0.3 is 0 Å². The summed E-state index contributed by atoms with van der Waals surface area (Å²) in [5, 5.41) is 9.70. The van der Waals surface area contributed by atoms with E-state index in [0.29, 0.717) is 33.7 Å². The fourth-order valence-corrected chi connectivity index (χ4v) is 3.67. The number of halogens is 2. The highest BCUT2D eigenvalue weighted by Crippen LogP contribution is 2.45. The number of nitrogens with zero attached hydrogens (tertiary/aromatic N) is 1. The molecule has 2 aromatic carbocycles. The van der Waals surface area contributed by atoms with E-state index >= 15 is 0 Å². The maximum atomic E-state index is 14.0. The van der Waals surface area contributed by atoms with Gasteiger partial charge in [-0.1, -0.05) is 17.7 Å². The minimum absolute atomic E-state index is 0.0166. The van der Waals surface area contributed by atoms with Crippen LogP contribution < -0.4 is 9.46 Å². The van der Waals surface area contributed by atoms with E-state index in [0.717, 1.165) is 6.26 Å². The number of hydrogen-bond donors (Lipinski definition) is 1. The van der Waals surface area contributed by atoms with Crippen molar-refractivity contribution in [2.24, 2.45) is 0 Å². The Kier molecular flexibility index (Phi) is 4.66. The van der Waals surface area contributed by atoms with E-state index in [2.05, 4.69) is 10.8 Å². The summed E-state index contributed by atoms with van der Waals surface area (Å²) >= 11 is 5.78. The minimum atomic E-state index is -3.46. The largest absolute Gasteiger partial charge is 0.482 e. The number of ether oxygens (including phenoxy) is 1. The zero-order chi connectivity index (χ0) is 20.0. The van der Waals surface area contributed by atoms with Crippen LogP contribution in [-0.2, 0) is 10.0 Å². The smallest absolute Gasteiger partial charge is 0.229 e. The predicted molar refractivity (Wildman–Crippen MR) is 103 cm³/mol. The Bertz CT molecular complexity index is 1120. The molecule has 2 aromatic rings. The molecule has 0 atom stereocenters. The molecule has 0 unspecified atom stereocenters. The average molecular weight is 407 g/mol. The number of nitriles is 1. The number of fused-ring (bicyclic) bond motifs is 1. The molecule has 1 aliphatic heterocycles. The van der Waals surface area contributed by atoms with Gasteiger partial charge in [0, 0.05) is 17.2 Å². The lowest BCUT2D eigenvalue weighted by Gasteiger charge is -2.34. The van der Waals surface area contributed by atoms with E-state index in [9.17, 15) is 18.1 Å². The fraction of sp³-hybridized carbons (Fsp3) is 0.211. The Labute approximate surface area is 162 Å². The Balaban J connectivity index is 2.25. The van der Waals surface area contributed by atoms with Crippen molar-refractivity contribution >= 4 is 32.9 Å². The van der Waals surface area contributed by atoms with Crippen molar-refractivity contribution in [3.63, 3.8) is 0 Å². The monoisotopic (exact) mass is 406 g/mol. The van der Waals surface area contributed by atoms with Crippen molar-refractivity contribution in [1.29, 1.82) is 5.26 Å². The second-order valence-electron chi connectivity index (χ2n) is 6.69. The Morgan fingerprint density at radius 2 is 1.93 bits per heavy atom. The molecule has 1 N–H and O–H groups in total. The molecule has 27 heavy (non-hydrogen) atoms. The number of rotatable bonds is 3. The van der Waals surface area contributed by atoms with Gasteiger partial charge in [-0.25, -0.2) is 12.8 Å². The SMILES string of the molecule is CC1(C)Oc2cc(NS(C)(=O)=O)ccc2C(c2ccc(Cl)c(F)c2)=C1C#N. The summed E-state index contributed by atoms with van der Waals surface area (Å²) in [5.41, 5.74) is 1.23. The highest BCUT2D eigenvalue weighted by atomic mass is 35.5. The van der Waals surface area contributed by atoms with Gasteiger partial charge in [0.1, 0.15) is 17.2 Å². The molecular weight excluding hydrogens is 391 g/mol. The Morgan fingerprint density at radius 3 is 2.52 bits per heavy atom. The maximum absolute atomic E-state index is 14.0. The van der Waals surface area contributed by atoms with Crippen molar-refractivity contribution in [1.82, 2.24) is 0 Å². The standard InChI is InChI=1S/C19H16ClFN2O3S/c1-19(2)14(10-22)18(11-4-7-15(20)16(21)8-11)13-6-5-12(9-17(13)26-19)23-27(3,24)25/h4-9,23H,1-3H3. The first-order valence-electron chi connectivity index (χ1n) is 7.93. The average Bonchev–Trinajstić information content (AvgIpc) is 2.53.